The fourth-order valence-electron chi connectivity index (χ4n) is 3.32. The molecule has 1 aromatic heterocycles. The minimum absolute atomic E-state index is 0. The molecule has 1 heterocycles. The van der Waals surface area contributed by atoms with E-state index in [1.165, 1.54) is 6.07 Å². The first-order valence-corrected chi connectivity index (χ1v) is 12.4. The van der Waals surface area contributed by atoms with E-state index >= 15 is 0 Å². The van der Waals surface area contributed by atoms with Crippen LogP contribution in [0.3, 0.4) is 0 Å². The second kappa shape index (κ2) is 14.0. The van der Waals surface area contributed by atoms with Gasteiger partial charge in [0.25, 0.3) is 0 Å². The average molecular weight is 561 g/mol. The van der Waals surface area contributed by atoms with Crippen LogP contribution in [0.2, 0.25) is 0 Å². The summed E-state index contributed by atoms with van der Waals surface area (Å²) in [6, 6.07) is 13.9. The van der Waals surface area contributed by atoms with Crippen LogP contribution in [0.15, 0.2) is 59.6 Å². The highest BCUT2D eigenvalue weighted by atomic mass is 32.2. The Kier molecular flexibility index (Phi) is 11.1. The fraction of sp³-hybridized carbons (Fsp3) is 0.269. The number of anilines is 3. The van der Waals surface area contributed by atoms with Crippen molar-refractivity contribution >= 4 is 41.1 Å². The van der Waals surface area contributed by atoms with Crippen LogP contribution >= 0.6 is 11.8 Å². The van der Waals surface area contributed by atoms with Gasteiger partial charge in [0.05, 0.1) is 5.56 Å². The number of thioether (sulfide) groups is 1. The highest BCUT2D eigenvalue weighted by molar-refractivity contribution is 7.98. The Labute approximate surface area is 228 Å². The highest BCUT2D eigenvalue weighted by Gasteiger charge is 2.31. The van der Waals surface area contributed by atoms with Crippen LogP contribution < -0.4 is 16.4 Å². The lowest BCUT2D eigenvalue weighted by Crippen LogP contribution is -2.36. The van der Waals surface area contributed by atoms with Crippen LogP contribution in [0, 0.1) is 11.3 Å². The number of nitriles is 1. The molecule has 0 bridgehead atoms. The Bertz CT molecular complexity index is 1330. The van der Waals surface area contributed by atoms with Crippen LogP contribution in [0.5, 0.6) is 0 Å². The predicted molar refractivity (Wildman–Crippen MR) is 143 cm³/mol. The van der Waals surface area contributed by atoms with Gasteiger partial charge in [0, 0.05) is 12.1 Å². The number of rotatable bonds is 10. The van der Waals surface area contributed by atoms with Crippen molar-refractivity contribution < 1.29 is 27.5 Å². The molecule has 3 rings (SSSR count). The Morgan fingerprint density at radius 1 is 1.15 bits per heavy atom. The molecule has 39 heavy (non-hydrogen) atoms. The number of hydrogen-bond donors (Lipinski definition) is 3. The van der Waals surface area contributed by atoms with Gasteiger partial charge in [-0.15, -0.1) is 11.8 Å². The second-order valence-corrected chi connectivity index (χ2v) is 8.67. The Balaban J connectivity index is 0.00000533. The third-order valence-electron chi connectivity index (χ3n) is 5.16. The normalized spacial score (nSPS) is 11.5. The molecule has 0 unspecified atom stereocenters. The molecule has 4 N–H and O–H groups in total. The number of ether oxygens (including phenoxy) is 1. The first kappa shape index (κ1) is 30.9. The molecule has 0 saturated carbocycles. The number of aromatic nitrogens is 2. The summed E-state index contributed by atoms with van der Waals surface area (Å²) < 4.78 is 44.6. The molecule has 2 aromatic carbocycles. The van der Waals surface area contributed by atoms with Crippen molar-refractivity contribution in [3.8, 4) is 6.07 Å². The third-order valence-corrected chi connectivity index (χ3v) is 5.85. The SMILES string of the molecule is C.CSc1nc(N)nc(N[C@@H](CCC(=O)OCc2ccccc2)C(=O)Nc2cccc(C(F)(F)F)c2)c1C#N. The molecule has 0 fully saturated rings. The van der Waals surface area contributed by atoms with Crippen LogP contribution in [-0.4, -0.2) is 34.1 Å². The van der Waals surface area contributed by atoms with Crippen molar-refractivity contribution in [1.29, 1.82) is 5.26 Å². The lowest BCUT2D eigenvalue weighted by atomic mass is 10.1. The van der Waals surface area contributed by atoms with Crippen molar-refractivity contribution in [2.45, 2.75) is 44.1 Å². The molecule has 206 valence electrons. The fourth-order valence-corrected chi connectivity index (χ4v) is 3.85. The maximum Gasteiger partial charge on any atom is 0.416 e. The molecule has 0 saturated heterocycles. The number of esters is 1. The van der Waals surface area contributed by atoms with Gasteiger partial charge in [0.2, 0.25) is 11.9 Å². The number of halogens is 3. The number of amides is 1. The molecule has 13 heteroatoms. The first-order chi connectivity index (χ1) is 18.1. The van der Waals surface area contributed by atoms with E-state index in [0.29, 0.717) is 0 Å². The molecular weight excluding hydrogens is 533 g/mol. The van der Waals surface area contributed by atoms with Gasteiger partial charge in [-0.1, -0.05) is 43.8 Å². The van der Waals surface area contributed by atoms with Crippen molar-refractivity contribution in [2.24, 2.45) is 0 Å². The van der Waals surface area contributed by atoms with Gasteiger partial charge in [-0.25, -0.2) is 4.98 Å². The molecular formula is C26H27F3N6O3S. The van der Waals surface area contributed by atoms with Crippen molar-refractivity contribution in [3.05, 3.63) is 71.3 Å². The third kappa shape index (κ3) is 8.89. The van der Waals surface area contributed by atoms with Gasteiger partial charge in [-0.3, -0.25) is 9.59 Å². The molecule has 3 aromatic rings. The summed E-state index contributed by atoms with van der Waals surface area (Å²) in [6.07, 6.45) is -3.26. The molecule has 0 aliphatic carbocycles. The molecule has 0 radical (unpaired) electrons. The zero-order chi connectivity index (χ0) is 27.7. The van der Waals surface area contributed by atoms with Crippen LogP contribution in [-0.2, 0) is 27.1 Å². The van der Waals surface area contributed by atoms with Crippen LogP contribution in [0.4, 0.5) is 30.6 Å². The summed E-state index contributed by atoms with van der Waals surface area (Å²) in [7, 11) is 0. The minimum Gasteiger partial charge on any atom is -0.461 e. The first-order valence-electron chi connectivity index (χ1n) is 11.2. The van der Waals surface area contributed by atoms with Crippen molar-refractivity contribution in [3.63, 3.8) is 0 Å². The quantitative estimate of drug-likeness (QED) is 0.172. The predicted octanol–water partition coefficient (Wildman–Crippen LogP) is 5.25. The number of hydrogen-bond acceptors (Lipinski definition) is 9. The zero-order valence-corrected chi connectivity index (χ0v) is 20.9. The number of nitrogens with zero attached hydrogens (tertiary/aromatic N) is 3. The van der Waals surface area contributed by atoms with Crippen LogP contribution in [0.1, 0.15) is 37.0 Å². The van der Waals surface area contributed by atoms with E-state index < -0.39 is 29.7 Å². The van der Waals surface area contributed by atoms with E-state index in [0.717, 1.165) is 35.5 Å². The highest BCUT2D eigenvalue weighted by Crippen LogP contribution is 2.31. The summed E-state index contributed by atoms with van der Waals surface area (Å²) in [4.78, 5) is 33.5. The largest absolute Gasteiger partial charge is 0.461 e. The van der Waals surface area contributed by atoms with Gasteiger partial charge in [0.1, 0.15) is 29.3 Å². The Hall–Kier alpha value is -4.31. The number of alkyl halides is 3. The van der Waals surface area contributed by atoms with Gasteiger partial charge in [-0.05, 0) is 36.4 Å². The summed E-state index contributed by atoms with van der Waals surface area (Å²) in [5.41, 5.74) is 5.50. The molecule has 0 aliphatic heterocycles. The second-order valence-electron chi connectivity index (χ2n) is 7.88. The summed E-state index contributed by atoms with van der Waals surface area (Å²) in [5.74, 6) is -1.56. The zero-order valence-electron chi connectivity index (χ0n) is 20.1. The topological polar surface area (TPSA) is 143 Å². The molecule has 0 spiro atoms. The van der Waals surface area contributed by atoms with E-state index in [1.54, 1.807) is 30.5 Å². The number of carbonyl (C=O) groups excluding carboxylic acids is 2. The maximum atomic E-state index is 13.1. The monoisotopic (exact) mass is 560 g/mol. The summed E-state index contributed by atoms with van der Waals surface area (Å²) >= 11 is 1.14. The average Bonchev–Trinajstić information content (AvgIpc) is 2.89. The standard InChI is InChI=1S/C25H23F3N6O3S.CH4/c1-38-23-18(13-29)21(33-24(30)34-23)32-19(10-11-20(35)37-14-15-6-3-2-4-7-15)22(36)31-17-9-5-8-16(12-17)25(26,27)28;/h2-9,12,19H,10-11,14H2,1H3,(H,31,36)(H3,30,32,33,34);1H4/t19-;/m0./s1. The van der Waals surface area contributed by atoms with Gasteiger partial charge in [-0.2, -0.15) is 23.4 Å². The number of benzene rings is 2. The Morgan fingerprint density at radius 3 is 2.51 bits per heavy atom. The van der Waals surface area contributed by atoms with Gasteiger partial charge >= 0.3 is 12.1 Å². The van der Waals surface area contributed by atoms with Gasteiger partial charge in [0.15, 0.2) is 5.82 Å². The van der Waals surface area contributed by atoms with Crippen LogP contribution in [0.25, 0.3) is 0 Å². The van der Waals surface area contributed by atoms with E-state index in [9.17, 15) is 28.0 Å². The smallest absolute Gasteiger partial charge is 0.416 e. The lowest BCUT2D eigenvalue weighted by Gasteiger charge is -2.20. The number of nitrogens with two attached hydrogens (primary N) is 1. The van der Waals surface area contributed by atoms with E-state index in [-0.39, 0.29) is 54.9 Å². The van der Waals surface area contributed by atoms with Gasteiger partial charge < -0.3 is 21.1 Å². The molecule has 1 amide bonds. The summed E-state index contributed by atoms with van der Waals surface area (Å²) in [6.45, 7) is 0.0340. The Morgan fingerprint density at radius 2 is 1.87 bits per heavy atom. The maximum absolute atomic E-state index is 13.1. The summed E-state index contributed by atoms with van der Waals surface area (Å²) in [5, 5.41) is 15.1. The molecule has 1 atom stereocenters. The number of nitrogens with one attached hydrogen (secondary N) is 2. The number of carbonyl (C=O) groups is 2. The number of nitrogen functional groups attached to an aromatic ring is 1. The van der Waals surface area contributed by atoms with E-state index in [1.807, 2.05) is 12.1 Å². The van der Waals surface area contributed by atoms with Crippen molar-refractivity contribution in [1.82, 2.24) is 9.97 Å². The molecule has 0 aliphatic rings. The van der Waals surface area contributed by atoms with E-state index in [4.69, 9.17) is 10.5 Å². The van der Waals surface area contributed by atoms with Crippen molar-refractivity contribution in [2.75, 3.05) is 22.6 Å². The molecule has 9 nitrogen and oxygen atoms in total. The van der Waals surface area contributed by atoms with E-state index in [2.05, 4.69) is 20.6 Å². The minimum atomic E-state index is -4.60. The lowest BCUT2D eigenvalue weighted by molar-refractivity contribution is -0.145.